The summed E-state index contributed by atoms with van der Waals surface area (Å²) in [5, 5.41) is 11.5. The van der Waals surface area contributed by atoms with Gasteiger partial charge in [-0.05, 0) is 31.7 Å². The number of hydrogen-bond acceptors (Lipinski definition) is 5. The number of ketones is 1. The van der Waals surface area contributed by atoms with Crippen molar-refractivity contribution in [3.05, 3.63) is 23.8 Å². The van der Waals surface area contributed by atoms with Crippen molar-refractivity contribution < 1.29 is 24.2 Å². The van der Waals surface area contributed by atoms with Gasteiger partial charge in [-0.25, -0.2) is 0 Å². The van der Waals surface area contributed by atoms with Crippen molar-refractivity contribution in [2.24, 2.45) is 0 Å². The van der Waals surface area contributed by atoms with E-state index < -0.39 is 12.0 Å². The largest absolute Gasteiger partial charge is 0.497 e. The smallest absolute Gasteiger partial charge is 0.303 e. The van der Waals surface area contributed by atoms with Crippen LogP contribution in [-0.4, -0.2) is 44.2 Å². The molecule has 0 radical (unpaired) electrons. The van der Waals surface area contributed by atoms with Gasteiger partial charge in [-0.3, -0.25) is 9.59 Å². The van der Waals surface area contributed by atoms with Crippen molar-refractivity contribution in [1.29, 1.82) is 0 Å². The highest BCUT2D eigenvalue weighted by Gasteiger charge is 2.22. The van der Waals surface area contributed by atoms with E-state index in [4.69, 9.17) is 14.6 Å². The van der Waals surface area contributed by atoms with Gasteiger partial charge in [-0.2, -0.15) is 0 Å². The van der Waals surface area contributed by atoms with Gasteiger partial charge in [0.2, 0.25) is 0 Å². The molecule has 1 aromatic carbocycles. The SMILES string of the molecule is CNC(CCC(=O)O)C(=O)c1cc(OC)ccc1OC. The Labute approximate surface area is 117 Å². The van der Waals surface area contributed by atoms with Crippen LogP contribution in [0, 0.1) is 0 Å². The molecule has 0 saturated heterocycles. The molecule has 0 bridgehead atoms. The lowest BCUT2D eigenvalue weighted by molar-refractivity contribution is -0.137. The molecule has 6 nitrogen and oxygen atoms in total. The number of hydrogen-bond donors (Lipinski definition) is 2. The Hall–Kier alpha value is -2.08. The number of carbonyl (C=O) groups is 2. The van der Waals surface area contributed by atoms with Gasteiger partial charge < -0.3 is 19.9 Å². The highest BCUT2D eigenvalue weighted by molar-refractivity contribution is 6.02. The maximum Gasteiger partial charge on any atom is 0.303 e. The zero-order valence-electron chi connectivity index (χ0n) is 11.8. The Balaban J connectivity index is 3.00. The number of methoxy groups -OCH3 is 2. The summed E-state index contributed by atoms with van der Waals surface area (Å²) in [6.07, 6.45) is 0.133. The molecule has 0 aliphatic carbocycles. The zero-order valence-corrected chi connectivity index (χ0v) is 11.8. The van der Waals surface area contributed by atoms with Crippen molar-refractivity contribution in [3.63, 3.8) is 0 Å². The second-order valence-corrected chi connectivity index (χ2v) is 4.20. The summed E-state index contributed by atoms with van der Waals surface area (Å²) >= 11 is 0. The Morgan fingerprint density at radius 2 is 2.00 bits per heavy atom. The van der Waals surface area contributed by atoms with E-state index in [-0.39, 0.29) is 18.6 Å². The summed E-state index contributed by atoms with van der Waals surface area (Å²) in [4.78, 5) is 23.1. The van der Waals surface area contributed by atoms with Crippen LogP contribution in [0.25, 0.3) is 0 Å². The number of carboxylic acids is 1. The zero-order chi connectivity index (χ0) is 15.1. The normalized spacial score (nSPS) is 11.8. The Kier molecular flexibility index (Phi) is 5.99. The van der Waals surface area contributed by atoms with Crippen LogP contribution in [0.3, 0.4) is 0 Å². The number of likely N-dealkylation sites (N-methyl/N-ethyl adjacent to an activating group) is 1. The lowest BCUT2D eigenvalue weighted by Gasteiger charge is -2.16. The fourth-order valence-corrected chi connectivity index (χ4v) is 1.87. The molecule has 1 atom stereocenters. The Morgan fingerprint density at radius 1 is 1.30 bits per heavy atom. The first-order valence-corrected chi connectivity index (χ1v) is 6.18. The lowest BCUT2D eigenvalue weighted by Crippen LogP contribution is -2.34. The second kappa shape index (κ2) is 7.49. The average molecular weight is 281 g/mol. The summed E-state index contributed by atoms with van der Waals surface area (Å²) in [5.41, 5.74) is 0.372. The van der Waals surface area contributed by atoms with Crippen LogP contribution >= 0.6 is 0 Å². The molecule has 0 heterocycles. The summed E-state index contributed by atoms with van der Waals surface area (Å²) in [5.74, 6) is -0.172. The minimum absolute atomic E-state index is 0.0798. The first-order chi connectivity index (χ1) is 9.53. The minimum Gasteiger partial charge on any atom is -0.497 e. The van der Waals surface area contributed by atoms with Crippen molar-refractivity contribution in [2.75, 3.05) is 21.3 Å². The van der Waals surface area contributed by atoms with Crippen molar-refractivity contribution in [1.82, 2.24) is 5.32 Å². The maximum absolute atomic E-state index is 12.4. The number of Topliss-reactive ketones (excluding diaryl/α,β-unsaturated/α-hetero) is 1. The number of carboxylic acid groups (broad SMARTS) is 1. The third-order valence-corrected chi connectivity index (χ3v) is 2.98. The molecule has 0 aromatic heterocycles. The van der Waals surface area contributed by atoms with Crippen LogP contribution < -0.4 is 14.8 Å². The van der Waals surface area contributed by atoms with Crippen molar-refractivity contribution in [3.8, 4) is 11.5 Å². The summed E-state index contributed by atoms with van der Waals surface area (Å²) < 4.78 is 10.3. The fraction of sp³-hybridized carbons (Fsp3) is 0.429. The van der Waals surface area contributed by atoms with Gasteiger partial charge in [0.15, 0.2) is 5.78 Å². The highest BCUT2D eigenvalue weighted by Crippen LogP contribution is 2.25. The maximum atomic E-state index is 12.4. The molecule has 6 heteroatoms. The van der Waals surface area contributed by atoms with E-state index in [1.807, 2.05) is 0 Å². The molecule has 0 saturated carbocycles. The molecule has 1 unspecified atom stereocenters. The fourth-order valence-electron chi connectivity index (χ4n) is 1.87. The molecule has 1 aromatic rings. The molecular weight excluding hydrogens is 262 g/mol. The van der Waals surface area contributed by atoms with Gasteiger partial charge in [-0.1, -0.05) is 0 Å². The van der Waals surface area contributed by atoms with E-state index in [1.165, 1.54) is 14.2 Å². The first kappa shape index (κ1) is 16.0. The van der Waals surface area contributed by atoms with Gasteiger partial charge in [0.05, 0.1) is 25.8 Å². The standard InChI is InChI=1S/C14H19NO5/c1-15-11(5-7-13(16)17)14(18)10-8-9(19-2)4-6-12(10)20-3/h4,6,8,11,15H,5,7H2,1-3H3,(H,16,17). The Bertz CT molecular complexity index is 486. The van der Waals surface area contributed by atoms with E-state index in [1.54, 1.807) is 25.2 Å². The van der Waals surface area contributed by atoms with Crippen LogP contribution in [0.15, 0.2) is 18.2 Å². The first-order valence-electron chi connectivity index (χ1n) is 6.18. The number of rotatable bonds is 8. The lowest BCUT2D eigenvalue weighted by atomic mass is 9.99. The second-order valence-electron chi connectivity index (χ2n) is 4.20. The van der Waals surface area contributed by atoms with Crippen LogP contribution in [0.2, 0.25) is 0 Å². The van der Waals surface area contributed by atoms with E-state index in [2.05, 4.69) is 5.32 Å². The molecule has 0 aliphatic heterocycles. The number of benzene rings is 1. The highest BCUT2D eigenvalue weighted by atomic mass is 16.5. The number of carbonyl (C=O) groups excluding carboxylic acids is 1. The van der Waals surface area contributed by atoms with Gasteiger partial charge in [0, 0.05) is 6.42 Å². The summed E-state index contributed by atoms with van der Waals surface area (Å²) in [6.45, 7) is 0. The minimum atomic E-state index is -0.935. The van der Waals surface area contributed by atoms with Crippen LogP contribution in [0.5, 0.6) is 11.5 Å². The van der Waals surface area contributed by atoms with Gasteiger partial charge in [0.1, 0.15) is 11.5 Å². The molecule has 110 valence electrons. The van der Waals surface area contributed by atoms with Crippen molar-refractivity contribution >= 4 is 11.8 Å². The Morgan fingerprint density at radius 3 is 2.50 bits per heavy atom. The topological polar surface area (TPSA) is 84.9 Å². The number of aliphatic carboxylic acids is 1. The summed E-state index contributed by atoms with van der Waals surface area (Å²) in [7, 11) is 4.61. The molecule has 0 amide bonds. The molecule has 1 rings (SSSR count). The quantitative estimate of drug-likeness (QED) is 0.699. The third-order valence-electron chi connectivity index (χ3n) is 2.98. The van der Waals surface area contributed by atoms with Crippen LogP contribution in [-0.2, 0) is 4.79 Å². The van der Waals surface area contributed by atoms with Crippen molar-refractivity contribution in [2.45, 2.75) is 18.9 Å². The number of nitrogens with one attached hydrogen (secondary N) is 1. The van der Waals surface area contributed by atoms with Gasteiger partial charge >= 0.3 is 5.97 Å². The monoisotopic (exact) mass is 281 g/mol. The number of ether oxygens (including phenoxy) is 2. The average Bonchev–Trinajstić information content (AvgIpc) is 2.46. The molecule has 0 fully saturated rings. The third kappa shape index (κ3) is 3.96. The molecule has 0 spiro atoms. The molecule has 20 heavy (non-hydrogen) atoms. The molecular formula is C14H19NO5. The predicted octanol–water partition coefficient (Wildman–Crippen LogP) is 1.34. The van der Waals surface area contributed by atoms with Crippen LogP contribution in [0.1, 0.15) is 23.2 Å². The van der Waals surface area contributed by atoms with Gasteiger partial charge in [-0.15, -0.1) is 0 Å². The molecule has 0 aliphatic rings. The predicted molar refractivity (Wildman–Crippen MR) is 73.6 cm³/mol. The van der Waals surface area contributed by atoms with Crippen LogP contribution in [0.4, 0.5) is 0 Å². The summed E-state index contributed by atoms with van der Waals surface area (Å²) in [6, 6.07) is 4.36. The van der Waals surface area contributed by atoms with E-state index in [0.717, 1.165) is 0 Å². The van der Waals surface area contributed by atoms with E-state index in [9.17, 15) is 9.59 Å². The molecule has 2 N–H and O–H groups in total. The van der Waals surface area contributed by atoms with E-state index >= 15 is 0 Å². The van der Waals surface area contributed by atoms with Gasteiger partial charge in [0.25, 0.3) is 0 Å². The van der Waals surface area contributed by atoms with E-state index in [0.29, 0.717) is 17.1 Å².